The third kappa shape index (κ3) is 8.07. The summed E-state index contributed by atoms with van der Waals surface area (Å²) in [6.07, 6.45) is 10.2. The molecule has 2 aromatic carbocycles. The molecule has 1 atom stereocenters. The Morgan fingerprint density at radius 3 is 2.45 bits per heavy atom. The van der Waals surface area contributed by atoms with Gasteiger partial charge < -0.3 is 19.5 Å². The van der Waals surface area contributed by atoms with Gasteiger partial charge in [-0.15, -0.1) is 0 Å². The van der Waals surface area contributed by atoms with Crippen molar-refractivity contribution in [3.05, 3.63) is 81.0 Å². The van der Waals surface area contributed by atoms with Gasteiger partial charge in [-0.1, -0.05) is 23.2 Å². The Kier molecular flexibility index (Phi) is 11.1. The number of pyridine rings is 2. The first kappa shape index (κ1) is 36.9. The van der Waals surface area contributed by atoms with Crippen molar-refractivity contribution in [2.24, 2.45) is 18.9 Å². The molecule has 0 aliphatic carbocycles. The van der Waals surface area contributed by atoms with Crippen LogP contribution in [0.3, 0.4) is 0 Å². The van der Waals surface area contributed by atoms with Gasteiger partial charge in [0.2, 0.25) is 11.8 Å². The van der Waals surface area contributed by atoms with Gasteiger partial charge >= 0.3 is 0 Å². The molecule has 1 unspecified atom stereocenters. The molecular formula is C40H44Cl2N6O5. The number of methoxy groups -OCH3 is 1. The van der Waals surface area contributed by atoms with E-state index in [1.165, 1.54) is 0 Å². The number of ether oxygens (including phenoxy) is 1. The molecule has 0 saturated carbocycles. The maximum atomic E-state index is 13.4. The summed E-state index contributed by atoms with van der Waals surface area (Å²) >= 11 is 13.6. The number of imide groups is 1. The number of nitrogens with one attached hydrogen (secondary N) is 2. The number of likely N-dealkylation sites (tertiary alicyclic amines) is 1. The second kappa shape index (κ2) is 15.9. The Morgan fingerprint density at radius 1 is 0.962 bits per heavy atom. The third-order valence-electron chi connectivity index (χ3n) is 11.1. The topological polar surface area (TPSA) is 126 Å². The van der Waals surface area contributed by atoms with Crippen LogP contribution in [-0.4, -0.2) is 77.9 Å². The molecule has 53 heavy (non-hydrogen) atoms. The first-order chi connectivity index (χ1) is 25.6. The van der Waals surface area contributed by atoms with Crippen molar-refractivity contribution in [2.75, 3.05) is 50.1 Å². The molecule has 13 heteroatoms. The van der Waals surface area contributed by atoms with Crippen molar-refractivity contribution in [2.45, 2.75) is 51.0 Å². The van der Waals surface area contributed by atoms with Gasteiger partial charge in [0.1, 0.15) is 17.6 Å². The maximum Gasteiger partial charge on any atom is 0.259 e. The van der Waals surface area contributed by atoms with Gasteiger partial charge in [-0.25, -0.2) is 0 Å². The average Bonchev–Trinajstić information content (AvgIpc) is 3.16. The Bertz CT molecular complexity index is 2110. The molecule has 278 valence electrons. The van der Waals surface area contributed by atoms with Crippen molar-refractivity contribution in [3.8, 4) is 16.9 Å². The summed E-state index contributed by atoms with van der Waals surface area (Å²) in [6.45, 7) is 3.69. The minimum atomic E-state index is -0.470. The molecule has 3 aliphatic heterocycles. The van der Waals surface area contributed by atoms with Crippen LogP contribution in [0.5, 0.6) is 5.75 Å². The van der Waals surface area contributed by atoms with Crippen molar-refractivity contribution >= 4 is 62.9 Å². The molecule has 2 amide bonds. The fraction of sp³-hybridized carbons (Fsp3) is 0.425. The molecule has 3 aliphatic rings. The van der Waals surface area contributed by atoms with E-state index in [2.05, 4.69) is 25.4 Å². The monoisotopic (exact) mass is 758 g/mol. The fourth-order valence-electron chi connectivity index (χ4n) is 8.00. The number of ketones is 1. The Hall–Kier alpha value is -4.45. The van der Waals surface area contributed by atoms with Crippen molar-refractivity contribution in [1.82, 2.24) is 19.8 Å². The number of Topliss-reactive ketones (excluding diaryl/α,β-unsaturated/α-hetero) is 1. The van der Waals surface area contributed by atoms with Gasteiger partial charge in [0.05, 0.1) is 29.8 Å². The van der Waals surface area contributed by atoms with Crippen LogP contribution in [0.15, 0.2) is 59.8 Å². The predicted molar refractivity (Wildman–Crippen MR) is 208 cm³/mol. The van der Waals surface area contributed by atoms with Crippen LogP contribution in [0, 0.1) is 11.8 Å². The summed E-state index contributed by atoms with van der Waals surface area (Å²) in [5.41, 5.74) is 4.29. The molecule has 4 aromatic rings. The number of nitrogens with zero attached hydrogens (tertiary/aromatic N) is 4. The van der Waals surface area contributed by atoms with E-state index in [0.29, 0.717) is 46.5 Å². The number of aryl methyl sites for hydroxylation is 1. The Morgan fingerprint density at radius 2 is 1.74 bits per heavy atom. The molecule has 0 bridgehead atoms. The molecule has 3 fully saturated rings. The smallest absolute Gasteiger partial charge is 0.259 e. The maximum absolute atomic E-state index is 13.4. The number of carbonyl (C=O) groups excluding carboxylic acids is 3. The van der Waals surface area contributed by atoms with Gasteiger partial charge in [-0.2, -0.15) is 0 Å². The molecule has 2 N–H and O–H groups in total. The standard InChI is InChI=1S/C40H44Cl2N6O5/c1-46-22-31(28-7-12-43-21-30(28)40(46)52)26-18-32(41)29(37(19-26)53-2)17-24-8-13-47(14-9-24)23-36(49)25-10-15-48(16-11-25)35-5-3-27(20-33(35)42)44-34-4-6-38(50)45-39(34)51/h3,5,7,12,18-22,24-25,34,44H,4,6,8-11,13-17,23H2,1-2H3,(H,45,50,51). The zero-order valence-electron chi connectivity index (χ0n) is 30.0. The SMILES string of the molecule is COc1cc(-c2cn(C)c(=O)c3cnccc23)cc(Cl)c1CC1CCN(CC(=O)C2CCN(c3ccc(NC4CCC(=O)NC4=O)cc3Cl)CC2)CC1. The average molecular weight is 760 g/mol. The van der Waals surface area contributed by atoms with E-state index in [0.717, 1.165) is 97.5 Å². The highest BCUT2D eigenvalue weighted by Gasteiger charge is 2.30. The van der Waals surface area contributed by atoms with Crippen molar-refractivity contribution in [1.29, 1.82) is 0 Å². The number of rotatable bonds is 10. The minimum Gasteiger partial charge on any atom is -0.496 e. The highest BCUT2D eigenvalue weighted by atomic mass is 35.5. The summed E-state index contributed by atoms with van der Waals surface area (Å²) in [5.74, 6) is 0.911. The van der Waals surface area contributed by atoms with E-state index in [-0.39, 0.29) is 23.3 Å². The Labute approximate surface area is 318 Å². The number of piperidine rings is 3. The van der Waals surface area contributed by atoms with Crippen molar-refractivity contribution in [3.63, 3.8) is 0 Å². The van der Waals surface area contributed by atoms with Crippen LogP contribution < -0.4 is 25.8 Å². The molecule has 2 aromatic heterocycles. The lowest BCUT2D eigenvalue weighted by molar-refractivity contribution is -0.133. The summed E-state index contributed by atoms with van der Waals surface area (Å²) in [5, 5.41) is 8.14. The summed E-state index contributed by atoms with van der Waals surface area (Å²) in [7, 11) is 3.40. The molecule has 5 heterocycles. The second-order valence-corrected chi connectivity index (χ2v) is 15.3. The number of hydrogen-bond acceptors (Lipinski definition) is 9. The third-order valence-corrected chi connectivity index (χ3v) is 11.7. The Balaban J connectivity index is 0.903. The molecule has 0 radical (unpaired) electrons. The van der Waals surface area contributed by atoms with Crippen LogP contribution >= 0.6 is 23.2 Å². The lowest BCUT2D eigenvalue weighted by atomic mass is 9.88. The molecule has 0 spiro atoms. The lowest BCUT2D eigenvalue weighted by Gasteiger charge is -2.36. The number of hydrogen-bond donors (Lipinski definition) is 2. The molecule has 3 saturated heterocycles. The zero-order chi connectivity index (χ0) is 37.2. The molecule has 7 rings (SSSR count). The highest BCUT2D eigenvalue weighted by Crippen LogP contribution is 2.38. The van der Waals surface area contributed by atoms with Crippen LogP contribution in [0.2, 0.25) is 10.0 Å². The molecular weight excluding hydrogens is 715 g/mol. The number of amides is 2. The van der Waals surface area contributed by atoms with E-state index < -0.39 is 6.04 Å². The van der Waals surface area contributed by atoms with Crippen molar-refractivity contribution < 1.29 is 19.1 Å². The van der Waals surface area contributed by atoms with E-state index >= 15 is 0 Å². The minimum absolute atomic E-state index is 0.0261. The summed E-state index contributed by atoms with van der Waals surface area (Å²) < 4.78 is 7.43. The van der Waals surface area contributed by atoms with Gasteiger partial charge in [-0.3, -0.25) is 34.4 Å². The zero-order valence-corrected chi connectivity index (χ0v) is 31.5. The predicted octanol–water partition coefficient (Wildman–Crippen LogP) is 5.87. The number of benzene rings is 2. The number of aromatic nitrogens is 2. The highest BCUT2D eigenvalue weighted by molar-refractivity contribution is 6.33. The first-order valence-corrected chi connectivity index (χ1v) is 19.0. The van der Waals surface area contributed by atoms with Gasteiger partial charge in [0.15, 0.2) is 0 Å². The number of halogens is 2. The van der Waals surface area contributed by atoms with Gasteiger partial charge in [-0.05, 0) is 105 Å². The fourth-order valence-corrected chi connectivity index (χ4v) is 8.59. The molecule has 11 nitrogen and oxygen atoms in total. The number of fused-ring (bicyclic) bond motifs is 1. The van der Waals surface area contributed by atoms with Crippen LogP contribution in [0.4, 0.5) is 11.4 Å². The summed E-state index contributed by atoms with van der Waals surface area (Å²) in [4.78, 5) is 58.4. The largest absolute Gasteiger partial charge is 0.496 e. The summed E-state index contributed by atoms with van der Waals surface area (Å²) in [6, 6.07) is 11.0. The number of anilines is 2. The van der Waals surface area contributed by atoms with E-state index in [1.54, 1.807) is 31.1 Å². The lowest BCUT2D eigenvalue weighted by Crippen LogP contribution is -2.47. The van der Waals surface area contributed by atoms with Crippen LogP contribution in [0.25, 0.3) is 21.9 Å². The van der Waals surface area contributed by atoms with E-state index in [1.807, 2.05) is 42.6 Å². The van der Waals surface area contributed by atoms with E-state index in [4.69, 9.17) is 27.9 Å². The first-order valence-electron chi connectivity index (χ1n) is 18.3. The van der Waals surface area contributed by atoms with Gasteiger partial charge in [0.25, 0.3) is 5.56 Å². The second-order valence-electron chi connectivity index (χ2n) is 14.5. The quantitative estimate of drug-likeness (QED) is 0.191. The normalized spacial score (nSPS) is 19.0. The van der Waals surface area contributed by atoms with Crippen LogP contribution in [-0.2, 0) is 27.9 Å². The van der Waals surface area contributed by atoms with E-state index in [9.17, 15) is 19.2 Å². The van der Waals surface area contributed by atoms with Gasteiger partial charge in [0, 0.05) is 72.9 Å². The van der Waals surface area contributed by atoms with Crippen LogP contribution in [0.1, 0.15) is 44.1 Å². The number of carbonyl (C=O) groups is 3.